The third-order valence-corrected chi connectivity index (χ3v) is 6.25. The molecular formula is C25H19F7N6O3. The second-order valence-electron chi connectivity index (χ2n) is 8.85. The quantitative estimate of drug-likeness (QED) is 0.267. The molecule has 0 aliphatic rings. The number of carboxylic acids is 1. The number of benzene rings is 2. The number of halogens is 7. The van der Waals surface area contributed by atoms with Crippen molar-refractivity contribution in [3.63, 3.8) is 0 Å². The molecule has 41 heavy (non-hydrogen) atoms. The molecule has 2 aromatic heterocycles. The Morgan fingerprint density at radius 2 is 1.68 bits per heavy atom. The molecule has 2 aromatic carbocycles. The molecule has 4 rings (SSSR count). The zero-order chi connectivity index (χ0) is 30.0. The Morgan fingerprint density at radius 1 is 1.00 bits per heavy atom. The van der Waals surface area contributed by atoms with Gasteiger partial charge in [0, 0.05) is 23.4 Å². The van der Waals surface area contributed by atoms with E-state index in [2.05, 4.69) is 25.2 Å². The number of aromatic nitrogens is 5. The maximum Gasteiger partial charge on any atom is 0.422 e. The van der Waals surface area contributed by atoms with Crippen molar-refractivity contribution < 1.29 is 45.4 Å². The van der Waals surface area contributed by atoms with Crippen molar-refractivity contribution in [2.45, 2.75) is 30.1 Å². The van der Waals surface area contributed by atoms with Gasteiger partial charge < -0.3 is 15.6 Å². The summed E-state index contributed by atoms with van der Waals surface area (Å²) in [4.78, 5) is 15.9. The van der Waals surface area contributed by atoms with Gasteiger partial charge in [0.1, 0.15) is 40.9 Å². The lowest BCUT2D eigenvalue weighted by atomic mass is 9.67. The van der Waals surface area contributed by atoms with Crippen molar-refractivity contribution >= 4 is 5.97 Å². The molecule has 0 aliphatic carbocycles. The molecule has 9 nitrogen and oxygen atoms in total. The van der Waals surface area contributed by atoms with Gasteiger partial charge in [0.15, 0.2) is 6.61 Å². The van der Waals surface area contributed by atoms with Gasteiger partial charge in [-0.3, -0.25) is 9.78 Å². The van der Waals surface area contributed by atoms with E-state index in [1.807, 2.05) is 0 Å². The number of nitrogens with two attached hydrogens (primary N) is 1. The molecular weight excluding hydrogens is 565 g/mol. The number of ether oxygens (including phenoxy) is 1. The van der Waals surface area contributed by atoms with Crippen LogP contribution in [-0.2, 0) is 22.7 Å². The second-order valence-corrected chi connectivity index (χ2v) is 8.85. The number of pyridine rings is 1. The van der Waals surface area contributed by atoms with Gasteiger partial charge in [-0.2, -0.15) is 22.0 Å². The van der Waals surface area contributed by atoms with E-state index < -0.39 is 65.6 Å². The highest BCUT2D eigenvalue weighted by Crippen LogP contribution is 2.50. The van der Waals surface area contributed by atoms with Crippen LogP contribution < -0.4 is 10.5 Å². The highest BCUT2D eigenvalue weighted by Gasteiger charge is 2.63. The van der Waals surface area contributed by atoms with E-state index in [0.29, 0.717) is 23.8 Å². The number of rotatable bonds is 10. The molecule has 0 saturated carbocycles. The first-order valence-corrected chi connectivity index (χ1v) is 11.5. The van der Waals surface area contributed by atoms with E-state index in [4.69, 9.17) is 5.73 Å². The van der Waals surface area contributed by atoms with Gasteiger partial charge in [0.2, 0.25) is 0 Å². The van der Waals surface area contributed by atoms with Crippen LogP contribution in [-0.4, -0.2) is 55.1 Å². The number of hydrogen-bond donors (Lipinski definition) is 2. The summed E-state index contributed by atoms with van der Waals surface area (Å²) in [5, 5.41) is 19.9. The van der Waals surface area contributed by atoms with Crippen LogP contribution in [0.15, 0.2) is 67.1 Å². The lowest BCUT2D eigenvalue weighted by molar-refractivity contribution is -0.154. The van der Waals surface area contributed by atoms with Gasteiger partial charge >= 0.3 is 18.1 Å². The first-order chi connectivity index (χ1) is 19.2. The van der Waals surface area contributed by atoms with Crippen molar-refractivity contribution in [2.24, 2.45) is 5.73 Å². The molecule has 3 N–H and O–H groups in total. The fourth-order valence-corrected chi connectivity index (χ4v) is 4.27. The van der Waals surface area contributed by atoms with Crippen molar-refractivity contribution in [1.29, 1.82) is 0 Å². The van der Waals surface area contributed by atoms with Crippen LogP contribution in [0.2, 0.25) is 0 Å². The maximum atomic E-state index is 16.6. The van der Waals surface area contributed by atoms with Crippen molar-refractivity contribution in [1.82, 2.24) is 25.2 Å². The standard InChI is InChI=1S/C25H19F7N6O3/c26-16-4-7-18(19(27)9-16)23(21(33)22(39)40,11-38-13-35-36-37-38)25(31,32)20-8-3-15(10-34-20)14-1-5-17(6-2-14)41-12-24(28,29)30/h1-10,13,21H,11-12,33H2,(H,39,40). The number of nitrogens with zero attached hydrogens (tertiary/aromatic N) is 5. The molecule has 216 valence electrons. The molecule has 0 radical (unpaired) electrons. The molecule has 0 saturated heterocycles. The normalized spacial score (nSPS) is 14.3. The summed E-state index contributed by atoms with van der Waals surface area (Å²) in [5.74, 6) is -8.93. The average Bonchev–Trinajstić information content (AvgIpc) is 3.43. The van der Waals surface area contributed by atoms with Crippen molar-refractivity contribution in [3.05, 3.63) is 90.0 Å². The van der Waals surface area contributed by atoms with Crippen LogP contribution in [0.5, 0.6) is 5.75 Å². The molecule has 0 fully saturated rings. The Bertz CT molecular complexity index is 1500. The number of carboxylic acid groups (broad SMARTS) is 1. The van der Waals surface area contributed by atoms with Crippen molar-refractivity contribution in [3.8, 4) is 16.9 Å². The second kappa shape index (κ2) is 11.1. The third kappa shape index (κ3) is 5.96. The van der Waals surface area contributed by atoms with E-state index >= 15 is 13.2 Å². The summed E-state index contributed by atoms with van der Waals surface area (Å²) in [6.45, 7) is -2.55. The first kappa shape index (κ1) is 29.4. The van der Waals surface area contributed by atoms with E-state index in [0.717, 1.165) is 23.3 Å². The third-order valence-electron chi connectivity index (χ3n) is 6.25. The van der Waals surface area contributed by atoms with E-state index in [1.165, 1.54) is 30.3 Å². The largest absolute Gasteiger partial charge is 0.484 e. The zero-order valence-corrected chi connectivity index (χ0v) is 20.6. The lowest BCUT2D eigenvalue weighted by Gasteiger charge is -2.42. The molecule has 4 aromatic rings. The molecule has 0 bridgehead atoms. The lowest BCUT2D eigenvalue weighted by Crippen LogP contribution is -2.62. The fourth-order valence-electron chi connectivity index (χ4n) is 4.27. The van der Waals surface area contributed by atoms with E-state index in [1.54, 1.807) is 0 Å². The number of alkyl halides is 5. The molecule has 16 heteroatoms. The minimum atomic E-state index is -4.54. The number of tetrazole rings is 1. The summed E-state index contributed by atoms with van der Waals surface area (Å²) in [6, 6.07) is 6.45. The Kier molecular flexibility index (Phi) is 7.96. The van der Waals surface area contributed by atoms with Crippen molar-refractivity contribution in [2.75, 3.05) is 6.61 Å². The molecule has 0 spiro atoms. The van der Waals surface area contributed by atoms with Gasteiger partial charge in [0.05, 0.1) is 6.54 Å². The number of carbonyl (C=O) groups is 1. The molecule has 2 unspecified atom stereocenters. The zero-order valence-electron chi connectivity index (χ0n) is 20.6. The highest BCUT2D eigenvalue weighted by molar-refractivity contribution is 5.76. The Hall–Kier alpha value is -4.60. The van der Waals surface area contributed by atoms with Gasteiger partial charge in [0.25, 0.3) is 0 Å². The van der Waals surface area contributed by atoms with Crippen LogP contribution in [0, 0.1) is 11.6 Å². The summed E-state index contributed by atoms with van der Waals surface area (Å²) >= 11 is 0. The predicted octanol–water partition coefficient (Wildman–Crippen LogP) is 4.10. The van der Waals surface area contributed by atoms with Crippen LogP contribution in [0.1, 0.15) is 11.3 Å². The van der Waals surface area contributed by atoms with E-state index in [-0.39, 0.29) is 11.3 Å². The minimum absolute atomic E-state index is 0.0847. The molecule has 0 amide bonds. The van der Waals surface area contributed by atoms with Crippen LogP contribution in [0.4, 0.5) is 30.7 Å². The van der Waals surface area contributed by atoms with Gasteiger partial charge in [-0.1, -0.05) is 24.3 Å². The maximum absolute atomic E-state index is 16.6. The minimum Gasteiger partial charge on any atom is -0.484 e. The molecule has 2 heterocycles. The Morgan fingerprint density at radius 3 is 2.22 bits per heavy atom. The van der Waals surface area contributed by atoms with Crippen LogP contribution in [0.3, 0.4) is 0 Å². The molecule has 0 aliphatic heterocycles. The monoisotopic (exact) mass is 584 g/mol. The predicted molar refractivity (Wildman–Crippen MR) is 127 cm³/mol. The van der Waals surface area contributed by atoms with Gasteiger partial charge in [-0.15, -0.1) is 5.10 Å². The summed E-state index contributed by atoms with van der Waals surface area (Å²) in [6.07, 6.45) is -2.65. The average molecular weight is 584 g/mol. The summed E-state index contributed by atoms with van der Waals surface area (Å²) in [5.41, 5.74) is 1.40. The smallest absolute Gasteiger partial charge is 0.422 e. The number of hydrogen-bond acceptors (Lipinski definition) is 7. The Labute approximate surface area is 226 Å². The topological polar surface area (TPSA) is 129 Å². The van der Waals surface area contributed by atoms with Gasteiger partial charge in [-0.05, 0) is 40.3 Å². The van der Waals surface area contributed by atoms with E-state index in [9.17, 15) is 27.5 Å². The SMILES string of the molecule is NC(C(=O)O)C(Cn1cnnn1)(c1ccc(F)cc1F)C(F)(F)c1ccc(-c2ccc(OCC(F)(F)F)cc2)cn1. The van der Waals surface area contributed by atoms with Crippen LogP contribution in [0.25, 0.3) is 11.1 Å². The first-order valence-electron chi connectivity index (χ1n) is 11.5. The number of aliphatic carboxylic acids is 1. The fraction of sp³-hybridized carbons (Fsp3) is 0.240. The van der Waals surface area contributed by atoms with Gasteiger partial charge in [-0.25, -0.2) is 13.5 Å². The van der Waals surface area contributed by atoms with Crippen LogP contribution >= 0.6 is 0 Å². The Balaban J connectivity index is 1.77. The molecule has 2 atom stereocenters. The summed E-state index contributed by atoms with van der Waals surface area (Å²) < 4.78 is 104. The summed E-state index contributed by atoms with van der Waals surface area (Å²) in [7, 11) is 0. The highest BCUT2D eigenvalue weighted by atomic mass is 19.4.